The smallest absolute Gasteiger partial charge is 0.147 e. The van der Waals surface area contributed by atoms with Gasteiger partial charge in [0.15, 0.2) is 0 Å². The Morgan fingerprint density at radius 3 is 2.61 bits per heavy atom. The minimum Gasteiger partial charge on any atom is -0.387 e. The monoisotopic (exact) mass is 497 g/mol. The summed E-state index contributed by atoms with van der Waals surface area (Å²) in [7, 11) is 0. The van der Waals surface area contributed by atoms with Crippen molar-refractivity contribution in [2.75, 3.05) is 32.7 Å². The Labute approximate surface area is 219 Å². The van der Waals surface area contributed by atoms with Crippen LogP contribution in [0, 0.1) is 29.6 Å². The highest BCUT2D eigenvalue weighted by molar-refractivity contribution is 5.82. The normalized spacial score (nSPS) is 30.1. The Morgan fingerprint density at radius 2 is 1.94 bits per heavy atom. The third-order valence-electron chi connectivity index (χ3n) is 9.50. The van der Waals surface area contributed by atoms with E-state index in [0.717, 1.165) is 54.2 Å². The average molecular weight is 498 g/mol. The van der Waals surface area contributed by atoms with Crippen LogP contribution in [0.25, 0.3) is 0 Å². The fraction of sp³-hybridized carbons (Fsp3) is 0.806. The highest BCUT2D eigenvalue weighted by Gasteiger charge is 2.40. The van der Waals surface area contributed by atoms with Crippen molar-refractivity contribution in [3.63, 3.8) is 0 Å². The lowest BCUT2D eigenvalue weighted by Gasteiger charge is -2.39. The van der Waals surface area contributed by atoms with Gasteiger partial charge in [-0.1, -0.05) is 44.8 Å². The molecule has 4 aliphatic rings. The van der Waals surface area contributed by atoms with E-state index in [1.165, 1.54) is 77.4 Å². The van der Waals surface area contributed by atoms with Gasteiger partial charge in [0.2, 0.25) is 0 Å². The Balaban J connectivity index is 1.20. The molecule has 0 aromatic carbocycles. The van der Waals surface area contributed by atoms with E-state index in [0.29, 0.717) is 19.0 Å². The Kier molecular flexibility index (Phi) is 10.2. The van der Waals surface area contributed by atoms with Crippen LogP contribution in [0.4, 0.5) is 0 Å². The van der Waals surface area contributed by atoms with Gasteiger partial charge in [0.25, 0.3) is 0 Å². The molecule has 36 heavy (non-hydrogen) atoms. The SMILES string of the molecule is CCCCC[C@H]1C(C2CC2)C=C(CN2CCC(NCCC3=C(C=O)C[C@H](C(C)=O)CN3)CC2)C[C@H]1C. The van der Waals surface area contributed by atoms with Crippen molar-refractivity contribution in [2.45, 2.75) is 97.4 Å². The summed E-state index contributed by atoms with van der Waals surface area (Å²) in [5.74, 6) is 3.70. The predicted molar refractivity (Wildman–Crippen MR) is 148 cm³/mol. The summed E-state index contributed by atoms with van der Waals surface area (Å²) in [6.45, 7) is 11.6. The first-order chi connectivity index (χ1) is 17.5. The molecule has 202 valence electrons. The second kappa shape index (κ2) is 13.4. The number of rotatable bonds is 13. The van der Waals surface area contributed by atoms with Crippen LogP contribution in [-0.2, 0) is 9.59 Å². The molecule has 1 saturated carbocycles. The van der Waals surface area contributed by atoms with E-state index in [1.54, 1.807) is 12.5 Å². The second-order valence-electron chi connectivity index (χ2n) is 12.3. The summed E-state index contributed by atoms with van der Waals surface area (Å²) in [6, 6.07) is 0.566. The van der Waals surface area contributed by atoms with Crippen LogP contribution in [-0.4, -0.2) is 55.7 Å². The number of likely N-dealkylation sites (tertiary alicyclic amines) is 1. The largest absolute Gasteiger partial charge is 0.387 e. The van der Waals surface area contributed by atoms with E-state index >= 15 is 0 Å². The molecule has 0 bridgehead atoms. The number of nitrogens with zero attached hydrogens (tertiary/aromatic N) is 1. The zero-order chi connectivity index (χ0) is 25.5. The molecule has 2 fully saturated rings. The lowest BCUT2D eigenvalue weighted by Crippen LogP contribution is -2.44. The highest BCUT2D eigenvalue weighted by atomic mass is 16.1. The first-order valence-electron chi connectivity index (χ1n) is 15.0. The van der Waals surface area contributed by atoms with Crippen LogP contribution in [0.5, 0.6) is 0 Å². The van der Waals surface area contributed by atoms with Gasteiger partial charge in [-0.2, -0.15) is 0 Å². The van der Waals surface area contributed by atoms with Crippen LogP contribution < -0.4 is 10.6 Å². The summed E-state index contributed by atoms with van der Waals surface area (Å²) in [4.78, 5) is 25.9. The number of carbonyl (C=O) groups excluding carboxylic acids is 2. The van der Waals surface area contributed by atoms with E-state index in [2.05, 4.69) is 35.5 Å². The summed E-state index contributed by atoms with van der Waals surface area (Å²) >= 11 is 0. The van der Waals surface area contributed by atoms with Gasteiger partial charge in [0.05, 0.1) is 0 Å². The van der Waals surface area contributed by atoms with Crippen molar-refractivity contribution in [3.8, 4) is 0 Å². The van der Waals surface area contributed by atoms with E-state index < -0.39 is 0 Å². The van der Waals surface area contributed by atoms with E-state index in [1.807, 2.05) is 0 Å². The van der Waals surface area contributed by atoms with Crippen molar-refractivity contribution in [2.24, 2.45) is 29.6 Å². The standard InChI is InChI=1S/C31H51N3O2/c1-4-5-6-7-29-22(2)16-24(17-30(29)25-8-9-25)20-34-14-11-28(12-15-34)32-13-10-31-27(21-35)18-26(19-33-31)23(3)36/h17,21-22,25-26,28-30,32-33H,4-16,18-20H2,1-3H3/t22-,26+,29-,30?/m1/s1. The van der Waals surface area contributed by atoms with Gasteiger partial charge in [0.1, 0.15) is 12.1 Å². The van der Waals surface area contributed by atoms with Gasteiger partial charge in [-0.05, 0) is 88.6 Å². The molecular weight excluding hydrogens is 446 g/mol. The molecule has 0 radical (unpaired) electrons. The van der Waals surface area contributed by atoms with E-state index in [-0.39, 0.29) is 11.7 Å². The molecule has 5 nitrogen and oxygen atoms in total. The first kappa shape index (κ1) is 27.6. The van der Waals surface area contributed by atoms with Crippen LogP contribution in [0.15, 0.2) is 22.9 Å². The maximum Gasteiger partial charge on any atom is 0.147 e. The summed E-state index contributed by atoms with van der Waals surface area (Å²) in [5, 5.41) is 7.09. The molecule has 5 heteroatoms. The average Bonchev–Trinajstić information content (AvgIpc) is 3.72. The van der Waals surface area contributed by atoms with Crippen LogP contribution in [0.3, 0.4) is 0 Å². The van der Waals surface area contributed by atoms with Crippen LogP contribution >= 0.6 is 0 Å². The van der Waals surface area contributed by atoms with Gasteiger partial charge in [-0.25, -0.2) is 0 Å². The number of nitrogens with one attached hydrogen (secondary N) is 2. The lowest BCUT2D eigenvalue weighted by molar-refractivity contribution is -0.120. The molecule has 0 amide bonds. The van der Waals surface area contributed by atoms with Crippen LogP contribution in [0.2, 0.25) is 0 Å². The number of Topliss-reactive ketones (excluding diaryl/α,β-unsaturated/α-hetero) is 1. The molecule has 2 N–H and O–H groups in total. The molecule has 2 heterocycles. The Hall–Kier alpha value is -1.46. The minimum atomic E-state index is -0.0556. The molecule has 4 atom stereocenters. The number of allylic oxidation sites excluding steroid dienone is 2. The van der Waals surface area contributed by atoms with Crippen molar-refractivity contribution in [1.29, 1.82) is 0 Å². The molecule has 1 unspecified atom stereocenters. The molecule has 0 spiro atoms. The minimum absolute atomic E-state index is 0.0556. The second-order valence-corrected chi connectivity index (χ2v) is 12.3. The Morgan fingerprint density at radius 1 is 1.17 bits per heavy atom. The topological polar surface area (TPSA) is 61.4 Å². The van der Waals surface area contributed by atoms with Crippen molar-refractivity contribution < 1.29 is 9.59 Å². The summed E-state index contributed by atoms with van der Waals surface area (Å²) < 4.78 is 0. The fourth-order valence-corrected chi connectivity index (χ4v) is 7.06. The van der Waals surface area contributed by atoms with E-state index in [4.69, 9.17) is 0 Å². The molecule has 0 aromatic heterocycles. The van der Waals surface area contributed by atoms with Crippen molar-refractivity contribution >= 4 is 12.1 Å². The number of ketones is 1. The van der Waals surface area contributed by atoms with E-state index in [9.17, 15) is 9.59 Å². The van der Waals surface area contributed by atoms with Crippen molar-refractivity contribution in [1.82, 2.24) is 15.5 Å². The highest BCUT2D eigenvalue weighted by Crippen LogP contribution is 2.49. The number of hydrogen-bond acceptors (Lipinski definition) is 5. The molecule has 1 saturated heterocycles. The van der Waals surface area contributed by atoms with Gasteiger partial charge in [-0.15, -0.1) is 0 Å². The lowest BCUT2D eigenvalue weighted by atomic mass is 9.69. The fourth-order valence-electron chi connectivity index (χ4n) is 7.06. The number of hydrogen-bond donors (Lipinski definition) is 2. The third-order valence-corrected chi connectivity index (χ3v) is 9.50. The maximum atomic E-state index is 11.7. The van der Waals surface area contributed by atoms with Crippen LogP contribution in [0.1, 0.15) is 91.4 Å². The van der Waals surface area contributed by atoms with Crippen molar-refractivity contribution in [3.05, 3.63) is 22.9 Å². The zero-order valence-electron chi connectivity index (χ0n) is 23.2. The summed E-state index contributed by atoms with van der Waals surface area (Å²) in [5.41, 5.74) is 3.53. The molecule has 2 aliphatic carbocycles. The van der Waals surface area contributed by atoms with Gasteiger partial charge in [-0.3, -0.25) is 14.5 Å². The molecule has 2 aliphatic heterocycles. The molecular formula is C31H51N3O2. The third kappa shape index (κ3) is 7.54. The Bertz CT molecular complexity index is 807. The molecule has 4 rings (SSSR count). The zero-order valence-corrected chi connectivity index (χ0v) is 23.2. The quantitative estimate of drug-likeness (QED) is 0.206. The number of piperidine rings is 1. The first-order valence-corrected chi connectivity index (χ1v) is 15.0. The summed E-state index contributed by atoms with van der Waals surface area (Å²) in [6.07, 6.45) is 17.3. The number of carbonyl (C=O) groups is 2. The predicted octanol–water partition coefficient (Wildman–Crippen LogP) is 5.27. The van der Waals surface area contributed by atoms with Gasteiger partial charge >= 0.3 is 0 Å². The van der Waals surface area contributed by atoms with Gasteiger partial charge < -0.3 is 10.6 Å². The maximum absolute atomic E-state index is 11.7. The molecule has 0 aromatic rings. The number of unbranched alkanes of at least 4 members (excludes halogenated alkanes) is 2. The van der Waals surface area contributed by atoms with Gasteiger partial charge in [0, 0.05) is 49.3 Å². The number of aldehydes is 1.